The Labute approximate surface area is 93.2 Å². The summed E-state index contributed by atoms with van der Waals surface area (Å²) in [6, 6.07) is 0. The molecule has 68 valence electrons. The maximum absolute atomic E-state index is 2.47. The van der Waals surface area contributed by atoms with Crippen molar-refractivity contribution in [3.8, 4) is 0 Å². The first-order chi connectivity index (χ1) is 6.38. The molecule has 0 fully saturated rings. The highest BCUT2D eigenvalue weighted by molar-refractivity contribution is 14.1. The molecule has 2 unspecified atom stereocenters. The number of rotatable bonds is 1. The molecule has 0 saturated carbocycles. The summed E-state index contributed by atoms with van der Waals surface area (Å²) in [6.45, 7) is 0. The lowest BCUT2D eigenvalue weighted by Gasteiger charge is -2.25. The lowest BCUT2D eigenvalue weighted by molar-refractivity contribution is 0.475. The molecule has 0 amide bonds. The molecule has 0 aliphatic heterocycles. The van der Waals surface area contributed by atoms with E-state index in [-0.39, 0.29) is 0 Å². The molecule has 0 aromatic carbocycles. The molecule has 0 bridgehead atoms. The molecule has 0 aromatic rings. The van der Waals surface area contributed by atoms with E-state index < -0.39 is 0 Å². The fourth-order valence-electron chi connectivity index (χ4n) is 1.90. The zero-order chi connectivity index (χ0) is 9.10. The number of hydrogen-bond donors (Lipinski definition) is 0. The molecule has 0 aromatic heterocycles. The monoisotopic (exact) mass is 284 g/mol. The molecule has 0 saturated heterocycles. The van der Waals surface area contributed by atoms with Gasteiger partial charge in [-0.2, -0.15) is 0 Å². The Hall–Kier alpha value is -0.310. The zero-order valence-electron chi connectivity index (χ0n) is 7.49. The van der Waals surface area contributed by atoms with Crippen LogP contribution in [0.1, 0.15) is 12.8 Å². The maximum Gasteiger partial charge on any atom is -0.000317 e. The van der Waals surface area contributed by atoms with Crippen LogP contribution in [0.15, 0.2) is 46.1 Å². The lowest BCUT2D eigenvalue weighted by atomic mass is 9.83. The van der Waals surface area contributed by atoms with E-state index >= 15 is 0 Å². The van der Waals surface area contributed by atoms with Crippen molar-refractivity contribution in [2.45, 2.75) is 12.8 Å². The summed E-state index contributed by atoms with van der Waals surface area (Å²) >= 11 is 2.47. The smallest absolute Gasteiger partial charge is 0.000317 e. The normalized spacial score (nSPS) is 31.9. The van der Waals surface area contributed by atoms with Crippen LogP contribution in [-0.4, -0.2) is 0 Å². The van der Waals surface area contributed by atoms with Crippen LogP contribution in [0.5, 0.6) is 0 Å². The summed E-state index contributed by atoms with van der Waals surface area (Å²) in [6.07, 6.45) is 18.0. The molecule has 2 rings (SSSR count). The maximum atomic E-state index is 2.47. The molecule has 0 spiro atoms. The number of halogens is 1. The van der Waals surface area contributed by atoms with Crippen molar-refractivity contribution in [3.63, 3.8) is 0 Å². The SMILES string of the molecule is IC1=CC=CCC1C1C=CC=CC1. The third kappa shape index (κ3) is 2.13. The summed E-state index contributed by atoms with van der Waals surface area (Å²) in [5, 5.41) is 0. The highest BCUT2D eigenvalue weighted by Crippen LogP contribution is 2.35. The second kappa shape index (κ2) is 4.27. The van der Waals surface area contributed by atoms with E-state index in [1.807, 2.05) is 0 Å². The van der Waals surface area contributed by atoms with Gasteiger partial charge in [-0.05, 0) is 50.8 Å². The van der Waals surface area contributed by atoms with E-state index in [1.165, 1.54) is 16.4 Å². The minimum absolute atomic E-state index is 0.720. The third-order valence-corrected chi connectivity index (χ3v) is 3.83. The van der Waals surface area contributed by atoms with Crippen LogP contribution < -0.4 is 0 Å². The standard InChI is InChI=1S/C12H13I/c13-12-9-5-4-8-11(12)10-6-2-1-3-7-10/h1-6,9-11H,7-8H2. The lowest BCUT2D eigenvalue weighted by Crippen LogP contribution is -2.14. The molecule has 1 heteroatoms. The first-order valence-electron chi connectivity index (χ1n) is 4.73. The van der Waals surface area contributed by atoms with E-state index in [0.717, 1.165) is 11.8 Å². The van der Waals surface area contributed by atoms with Gasteiger partial charge in [-0.15, -0.1) is 0 Å². The molecule has 13 heavy (non-hydrogen) atoms. The van der Waals surface area contributed by atoms with Crippen molar-refractivity contribution < 1.29 is 0 Å². The van der Waals surface area contributed by atoms with E-state index in [0.29, 0.717) is 0 Å². The summed E-state index contributed by atoms with van der Waals surface area (Å²) in [5.74, 6) is 1.45. The van der Waals surface area contributed by atoms with Crippen molar-refractivity contribution in [3.05, 3.63) is 46.1 Å². The van der Waals surface area contributed by atoms with E-state index in [1.54, 1.807) is 0 Å². The summed E-state index contributed by atoms with van der Waals surface area (Å²) in [7, 11) is 0. The average molecular weight is 284 g/mol. The predicted octanol–water partition coefficient (Wildman–Crippen LogP) is 4.01. The van der Waals surface area contributed by atoms with E-state index in [2.05, 4.69) is 65.1 Å². The fraction of sp³-hybridized carbons (Fsp3) is 0.333. The van der Waals surface area contributed by atoms with Crippen LogP contribution >= 0.6 is 22.6 Å². The molecule has 0 N–H and O–H groups in total. The molecule has 2 aliphatic carbocycles. The highest BCUT2D eigenvalue weighted by atomic mass is 127. The van der Waals surface area contributed by atoms with Gasteiger partial charge in [0.25, 0.3) is 0 Å². The zero-order valence-corrected chi connectivity index (χ0v) is 9.65. The molecule has 0 heterocycles. The van der Waals surface area contributed by atoms with Crippen molar-refractivity contribution in [2.75, 3.05) is 0 Å². The summed E-state index contributed by atoms with van der Waals surface area (Å²) in [4.78, 5) is 0. The number of allylic oxidation sites excluding steroid dienone is 8. The van der Waals surface area contributed by atoms with Gasteiger partial charge in [0, 0.05) is 0 Å². The van der Waals surface area contributed by atoms with Gasteiger partial charge in [0.15, 0.2) is 0 Å². The van der Waals surface area contributed by atoms with Crippen molar-refractivity contribution in [2.24, 2.45) is 11.8 Å². The number of hydrogen-bond acceptors (Lipinski definition) is 0. The van der Waals surface area contributed by atoms with Crippen molar-refractivity contribution >= 4 is 22.6 Å². The van der Waals surface area contributed by atoms with Gasteiger partial charge in [-0.25, -0.2) is 0 Å². The molecular formula is C12H13I. The van der Waals surface area contributed by atoms with Gasteiger partial charge in [0.1, 0.15) is 0 Å². The van der Waals surface area contributed by atoms with E-state index in [4.69, 9.17) is 0 Å². The molecule has 0 radical (unpaired) electrons. The van der Waals surface area contributed by atoms with Gasteiger partial charge in [0.05, 0.1) is 0 Å². The third-order valence-electron chi connectivity index (χ3n) is 2.67. The minimum atomic E-state index is 0.720. The first-order valence-corrected chi connectivity index (χ1v) is 5.81. The predicted molar refractivity (Wildman–Crippen MR) is 65.7 cm³/mol. The molecular weight excluding hydrogens is 271 g/mol. The van der Waals surface area contributed by atoms with Crippen LogP contribution in [0.2, 0.25) is 0 Å². The second-order valence-corrected chi connectivity index (χ2v) is 4.78. The second-order valence-electron chi connectivity index (χ2n) is 3.53. The Morgan fingerprint density at radius 3 is 2.62 bits per heavy atom. The largest absolute Gasteiger partial charge is 0.0839 e. The van der Waals surface area contributed by atoms with Crippen LogP contribution in [0, 0.1) is 11.8 Å². The van der Waals surface area contributed by atoms with Gasteiger partial charge in [0.2, 0.25) is 0 Å². The Kier molecular flexibility index (Phi) is 3.04. The van der Waals surface area contributed by atoms with Crippen LogP contribution in [0.25, 0.3) is 0 Å². The fourth-order valence-corrected chi connectivity index (χ4v) is 2.82. The Morgan fingerprint density at radius 2 is 1.92 bits per heavy atom. The van der Waals surface area contributed by atoms with Gasteiger partial charge < -0.3 is 0 Å². The quantitative estimate of drug-likeness (QED) is 0.638. The Bertz CT molecular complexity index is 294. The molecule has 2 atom stereocenters. The first kappa shape index (κ1) is 9.25. The summed E-state index contributed by atoms with van der Waals surface area (Å²) in [5.41, 5.74) is 0. The van der Waals surface area contributed by atoms with E-state index in [9.17, 15) is 0 Å². The average Bonchev–Trinajstić information content (AvgIpc) is 2.20. The van der Waals surface area contributed by atoms with Crippen molar-refractivity contribution in [1.82, 2.24) is 0 Å². The Balaban J connectivity index is 2.09. The van der Waals surface area contributed by atoms with Crippen LogP contribution in [0.4, 0.5) is 0 Å². The molecule has 2 aliphatic rings. The van der Waals surface area contributed by atoms with Gasteiger partial charge in [-0.3, -0.25) is 0 Å². The minimum Gasteiger partial charge on any atom is -0.0839 e. The highest BCUT2D eigenvalue weighted by Gasteiger charge is 2.21. The van der Waals surface area contributed by atoms with Crippen LogP contribution in [-0.2, 0) is 0 Å². The molecule has 0 nitrogen and oxygen atoms in total. The topological polar surface area (TPSA) is 0 Å². The van der Waals surface area contributed by atoms with Crippen LogP contribution in [0.3, 0.4) is 0 Å². The van der Waals surface area contributed by atoms with Gasteiger partial charge in [-0.1, -0.05) is 42.5 Å². The van der Waals surface area contributed by atoms with Gasteiger partial charge >= 0.3 is 0 Å². The van der Waals surface area contributed by atoms with Crippen molar-refractivity contribution in [1.29, 1.82) is 0 Å². The Morgan fingerprint density at radius 1 is 1.08 bits per heavy atom. The summed E-state index contributed by atoms with van der Waals surface area (Å²) < 4.78 is 1.50.